The van der Waals surface area contributed by atoms with Gasteiger partial charge in [0.25, 0.3) is 0 Å². The Bertz CT molecular complexity index is 596. The minimum Gasteiger partial charge on any atom is -0.505 e. The lowest BCUT2D eigenvalue weighted by atomic mass is 10.0. The second-order valence-electron chi connectivity index (χ2n) is 4.19. The fourth-order valence-electron chi connectivity index (χ4n) is 1.92. The van der Waals surface area contributed by atoms with Crippen molar-refractivity contribution in [3.63, 3.8) is 0 Å². The summed E-state index contributed by atoms with van der Waals surface area (Å²) in [6.07, 6.45) is 0. The Morgan fingerprint density at radius 1 is 0.900 bits per heavy atom. The molecule has 0 aromatic heterocycles. The molecule has 0 aliphatic rings. The van der Waals surface area contributed by atoms with Gasteiger partial charge in [0, 0.05) is 0 Å². The van der Waals surface area contributed by atoms with Gasteiger partial charge in [0.1, 0.15) is 0 Å². The normalized spacial score (nSPS) is 10.3. The van der Waals surface area contributed by atoms with E-state index < -0.39 is 5.82 Å². The molecular weight excluding hydrogens is 259 g/mol. The summed E-state index contributed by atoms with van der Waals surface area (Å²) in [6, 6.07) is 9.72. The second-order valence-corrected chi connectivity index (χ2v) is 4.19. The summed E-state index contributed by atoms with van der Waals surface area (Å²) < 4.78 is 24.4. The van der Waals surface area contributed by atoms with Crippen molar-refractivity contribution < 1.29 is 19.0 Å². The number of phenolic OH excluding ortho intramolecular Hbond substituents is 1. The van der Waals surface area contributed by atoms with Crippen LogP contribution >= 0.6 is 0 Å². The van der Waals surface area contributed by atoms with Crippen molar-refractivity contribution in [1.29, 1.82) is 0 Å². The van der Waals surface area contributed by atoms with Crippen molar-refractivity contribution in [3.8, 4) is 28.4 Å². The first-order chi connectivity index (χ1) is 9.65. The summed E-state index contributed by atoms with van der Waals surface area (Å²) in [4.78, 5) is 0. The molecule has 0 aliphatic heterocycles. The van der Waals surface area contributed by atoms with Crippen LogP contribution in [0.3, 0.4) is 0 Å². The van der Waals surface area contributed by atoms with Crippen LogP contribution in [0.5, 0.6) is 17.2 Å². The van der Waals surface area contributed by atoms with Gasteiger partial charge in [-0.25, -0.2) is 4.39 Å². The maximum atomic E-state index is 13.4. The standard InChI is InChI=1S/C16H17FO3/c1-3-19-15-8-6-12(10-16(15)20-4-2)11-5-7-14(18)13(17)9-11/h5-10,18H,3-4H2,1-2H3. The highest BCUT2D eigenvalue weighted by Crippen LogP contribution is 2.33. The van der Waals surface area contributed by atoms with Crippen LogP contribution in [-0.4, -0.2) is 18.3 Å². The highest BCUT2D eigenvalue weighted by molar-refractivity contribution is 5.68. The Morgan fingerprint density at radius 2 is 1.50 bits per heavy atom. The summed E-state index contributed by atoms with van der Waals surface area (Å²) in [5.74, 6) is 0.289. The van der Waals surface area contributed by atoms with E-state index in [0.717, 1.165) is 5.56 Å². The van der Waals surface area contributed by atoms with Crippen LogP contribution in [-0.2, 0) is 0 Å². The lowest BCUT2D eigenvalue weighted by molar-refractivity contribution is 0.288. The summed E-state index contributed by atoms with van der Waals surface area (Å²) >= 11 is 0. The average Bonchev–Trinajstić information content (AvgIpc) is 2.44. The molecule has 20 heavy (non-hydrogen) atoms. The lowest BCUT2D eigenvalue weighted by Crippen LogP contribution is -1.98. The molecule has 2 rings (SSSR count). The first-order valence-electron chi connectivity index (χ1n) is 6.54. The molecule has 0 amide bonds. The maximum Gasteiger partial charge on any atom is 0.165 e. The monoisotopic (exact) mass is 276 g/mol. The van der Waals surface area contributed by atoms with E-state index in [0.29, 0.717) is 30.3 Å². The molecule has 0 heterocycles. The molecule has 106 valence electrons. The van der Waals surface area contributed by atoms with Gasteiger partial charge < -0.3 is 14.6 Å². The summed E-state index contributed by atoms with van der Waals surface area (Å²) in [7, 11) is 0. The number of phenols is 1. The van der Waals surface area contributed by atoms with E-state index in [9.17, 15) is 9.50 Å². The molecule has 0 fully saturated rings. The molecule has 0 radical (unpaired) electrons. The molecule has 0 saturated carbocycles. The number of benzene rings is 2. The number of hydrogen-bond acceptors (Lipinski definition) is 3. The molecule has 2 aromatic carbocycles. The highest BCUT2D eigenvalue weighted by atomic mass is 19.1. The zero-order valence-corrected chi connectivity index (χ0v) is 11.5. The predicted molar refractivity (Wildman–Crippen MR) is 75.8 cm³/mol. The molecule has 4 heteroatoms. The molecule has 1 N–H and O–H groups in total. The van der Waals surface area contributed by atoms with Crippen molar-refractivity contribution >= 4 is 0 Å². The average molecular weight is 276 g/mol. The Labute approximate surface area is 117 Å². The molecule has 3 nitrogen and oxygen atoms in total. The maximum absolute atomic E-state index is 13.4. The third-order valence-electron chi connectivity index (χ3n) is 2.82. The van der Waals surface area contributed by atoms with Gasteiger partial charge in [-0.15, -0.1) is 0 Å². The molecule has 0 saturated heterocycles. The van der Waals surface area contributed by atoms with Gasteiger partial charge >= 0.3 is 0 Å². The molecule has 0 bridgehead atoms. The van der Waals surface area contributed by atoms with Gasteiger partial charge in [-0.1, -0.05) is 12.1 Å². The molecule has 0 spiro atoms. The minimum atomic E-state index is -0.644. The lowest BCUT2D eigenvalue weighted by Gasteiger charge is -2.12. The Hall–Kier alpha value is -2.23. The van der Waals surface area contributed by atoms with Crippen molar-refractivity contribution in [2.45, 2.75) is 13.8 Å². The van der Waals surface area contributed by atoms with Gasteiger partial charge in [0.15, 0.2) is 23.1 Å². The van der Waals surface area contributed by atoms with E-state index >= 15 is 0 Å². The molecule has 2 aromatic rings. The minimum absolute atomic E-state index is 0.357. The summed E-state index contributed by atoms with van der Waals surface area (Å²) in [5.41, 5.74) is 1.47. The Kier molecular flexibility index (Phi) is 4.45. The SMILES string of the molecule is CCOc1ccc(-c2ccc(O)c(F)c2)cc1OCC. The van der Waals surface area contributed by atoms with Gasteiger partial charge in [-0.05, 0) is 49.2 Å². The fraction of sp³-hybridized carbons (Fsp3) is 0.250. The van der Waals surface area contributed by atoms with Gasteiger partial charge in [0.2, 0.25) is 0 Å². The van der Waals surface area contributed by atoms with Crippen molar-refractivity contribution in [2.24, 2.45) is 0 Å². The zero-order valence-electron chi connectivity index (χ0n) is 11.5. The van der Waals surface area contributed by atoms with Crippen LogP contribution in [0.1, 0.15) is 13.8 Å². The quantitative estimate of drug-likeness (QED) is 0.897. The Morgan fingerprint density at radius 3 is 2.15 bits per heavy atom. The second kappa shape index (κ2) is 6.28. The van der Waals surface area contributed by atoms with Crippen LogP contribution in [0.15, 0.2) is 36.4 Å². The van der Waals surface area contributed by atoms with Crippen LogP contribution in [0.2, 0.25) is 0 Å². The first-order valence-corrected chi connectivity index (χ1v) is 6.54. The zero-order chi connectivity index (χ0) is 14.5. The van der Waals surface area contributed by atoms with Crippen LogP contribution in [0, 0.1) is 5.82 Å². The number of rotatable bonds is 5. The van der Waals surface area contributed by atoms with Gasteiger partial charge in [0.05, 0.1) is 13.2 Å². The third kappa shape index (κ3) is 3.02. The van der Waals surface area contributed by atoms with Crippen LogP contribution in [0.25, 0.3) is 11.1 Å². The molecule has 0 aliphatic carbocycles. The van der Waals surface area contributed by atoms with Crippen molar-refractivity contribution in [3.05, 3.63) is 42.2 Å². The number of aromatic hydroxyl groups is 1. The number of ether oxygens (including phenoxy) is 2. The van der Waals surface area contributed by atoms with Gasteiger partial charge in [-0.3, -0.25) is 0 Å². The van der Waals surface area contributed by atoms with Crippen molar-refractivity contribution in [1.82, 2.24) is 0 Å². The van der Waals surface area contributed by atoms with E-state index in [2.05, 4.69) is 0 Å². The summed E-state index contributed by atoms with van der Waals surface area (Å²) in [6.45, 7) is 4.86. The van der Waals surface area contributed by atoms with E-state index in [4.69, 9.17) is 9.47 Å². The fourth-order valence-corrected chi connectivity index (χ4v) is 1.92. The van der Waals surface area contributed by atoms with E-state index in [1.165, 1.54) is 12.1 Å². The third-order valence-corrected chi connectivity index (χ3v) is 2.82. The van der Waals surface area contributed by atoms with Gasteiger partial charge in [-0.2, -0.15) is 0 Å². The predicted octanol–water partition coefficient (Wildman–Crippen LogP) is 4.00. The number of hydrogen-bond donors (Lipinski definition) is 1. The first kappa shape index (κ1) is 14.2. The highest BCUT2D eigenvalue weighted by Gasteiger charge is 2.09. The largest absolute Gasteiger partial charge is 0.505 e. The topological polar surface area (TPSA) is 38.7 Å². The smallest absolute Gasteiger partial charge is 0.165 e. The Balaban J connectivity index is 2.41. The van der Waals surface area contributed by atoms with E-state index in [-0.39, 0.29) is 5.75 Å². The molecule has 0 atom stereocenters. The van der Waals surface area contributed by atoms with Crippen LogP contribution < -0.4 is 9.47 Å². The number of halogens is 1. The van der Waals surface area contributed by atoms with Crippen LogP contribution in [0.4, 0.5) is 4.39 Å². The molecular formula is C16H17FO3. The van der Waals surface area contributed by atoms with E-state index in [1.54, 1.807) is 18.2 Å². The molecule has 0 unspecified atom stereocenters. The van der Waals surface area contributed by atoms with Crippen molar-refractivity contribution in [2.75, 3.05) is 13.2 Å². The van der Waals surface area contributed by atoms with E-state index in [1.807, 2.05) is 19.9 Å². The summed E-state index contributed by atoms with van der Waals surface area (Å²) in [5, 5.41) is 9.22.